The first-order valence-electron chi connectivity index (χ1n) is 4.95. The summed E-state index contributed by atoms with van der Waals surface area (Å²) in [6.07, 6.45) is 5.08. The van der Waals surface area contributed by atoms with Crippen molar-refractivity contribution in [1.29, 1.82) is 0 Å². The number of hydrogen-bond donors (Lipinski definition) is 1. The summed E-state index contributed by atoms with van der Waals surface area (Å²) in [5.74, 6) is 0.823. The summed E-state index contributed by atoms with van der Waals surface area (Å²) in [4.78, 5) is 2.21. The Bertz CT molecular complexity index is 141. The predicted octanol–water partition coefficient (Wildman–Crippen LogP) is 1.46. The summed E-state index contributed by atoms with van der Waals surface area (Å²) in [7, 11) is 4.21. The van der Waals surface area contributed by atoms with Gasteiger partial charge in [-0.05, 0) is 32.9 Å². The highest BCUT2D eigenvalue weighted by molar-refractivity contribution is 4.91. The molecule has 0 amide bonds. The standard InChI is InChI=1S/C10H22N2/c1-9-5-4-6-10(11,7-9)8-12(2)3/h9H,4-8,11H2,1-3H3. The molecule has 2 heteroatoms. The maximum Gasteiger partial charge on any atom is 0.0285 e. The minimum Gasteiger partial charge on any atom is -0.324 e. The van der Waals surface area contributed by atoms with Gasteiger partial charge in [-0.2, -0.15) is 0 Å². The van der Waals surface area contributed by atoms with E-state index in [2.05, 4.69) is 25.9 Å². The maximum atomic E-state index is 6.31. The van der Waals surface area contributed by atoms with Crippen molar-refractivity contribution < 1.29 is 0 Å². The Morgan fingerprint density at radius 1 is 1.50 bits per heavy atom. The average Bonchev–Trinajstić information content (AvgIpc) is 1.82. The van der Waals surface area contributed by atoms with Gasteiger partial charge in [0.1, 0.15) is 0 Å². The molecule has 2 atom stereocenters. The monoisotopic (exact) mass is 170 g/mol. The lowest BCUT2D eigenvalue weighted by molar-refractivity contribution is 0.185. The number of nitrogens with two attached hydrogens (primary N) is 1. The molecule has 1 aliphatic carbocycles. The molecule has 0 heterocycles. The highest BCUT2D eigenvalue weighted by Crippen LogP contribution is 2.30. The van der Waals surface area contributed by atoms with Crippen LogP contribution in [0.1, 0.15) is 32.6 Å². The van der Waals surface area contributed by atoms with Gasteiger partial charge in [-0.3, -0.25) is 0 Å². The van der Waals surface area contributed by atoms with E-state index < -0.39 is 0 Å². The SMILES string of the molecule is CC1CCCC(N)(CN(C)C)C1. The third-order valence-corrected chi connectivity index (χ3v) is 2.76. The molecule has 2 N–H and O–H groups in total. The highest BCUT2D eigenvalue weighted by atomic mass is 15.1. The molecule has 0 aromatic rings. The quantitative estimate of drug-likeness (QED) is 0.680. The lowest BCUT2D eigenvalue weighted by Gasteiger charge is -2.38. The van der Waals surface area contributed by atoms with Crippen LogP contribution in [-0.2, 0) is 0 Å². The minimum atomic E-state index is 0.0984. The lowest BCUT2D eigenvalue weighted by atomic mass is 9.77. The fourth-order valence-corrected chi connectivity index (χ4v) is 2.47. The van der Waals surface area contributed by atoms with Crippen LogP contribution >= 0.6 is 0 Å². The number of rotatable bonds is 2. The molecule has 0 aromatic heterocycles. The van der Waals surface area contributed by atoms with E-state index in [1.54, 1.807) is 0 Å². The van der Waals surface area contributed by atoms with Gasteiger partial charge >= 0.3 is 0 Å². The first kappa shape index (κ1) is 10.0. The van der Waals surface area contributed by atoms with Crippen molar-refractivity contribution in [3.63, 3.8) is 0 Å². The summed E-state index contributed by atoms with van der Waals surface area (Å²) in [5.41, 5.74) is 6.41. The van der Waals surface area contributed by atoms with E-state index in [4.69, 9.17) is 5.73 Å². The van der Waals surface area contributed by atoms with Gasteiger partial charge < -0.3 is 10.6 Å². The molecule has 1 aliphatic rings. The van der Waals surface area contributed by atoms with Crippen LogP contribution in [0.25, 0.3) is 0 Å². The molecule has 2 nitrogen and oxygen atoms in total. The topological polar surface area (TPSA) is 29.3 Å². The van der Waals surface area contributed by atoms with Crippen LogP contribution in [0.15, 0.2) is 0 Å². The van der Waals surface area contributed by atoms with Crippen LogP contribution in [0.2, 0.25) is 0 Å². The van der Waals surface area contributed by atoms with Gasteiger partial charge in [-0.1, -0.05) is 19.8 Å². The van der Waals surface area contributed by atoms with E-state index in [0.717, 1.165) is 12.5 Å². The summed E-state index contributed by atoms with van der Waals surface area (Å²) in [6.45, 7) is 3.35. The molecule has 0 aliphatic heterocycles. The van der Waals surface area contributed by atoms with Gasteiger partial charge in [0.15, 0.2) is 0 Å². The fraction of sp³-hybridized carbons (Fsp3) is 1.00. The van der Waals surface area contributed by atoms with Crippen molar-refractivity contribution in [3.8, 4) is 0 Å². The van der Waals surface area contributed by atoms with Gasteiger partial charge in [-0.25, -0.2) is 0 Å². The molecule has 12 heavy (non-hydrogen) atoms. The summed E-state index contributed by atoms with van der Waals surface area (Å²) in [6, 6.07) is 0. The van der Waals surface area contributed by atoms with Crippen molar-refractivity contribution in [2.45, 2.75) is 38.1 Å². The zero-order chi connectivity index (χ0) is 9.19. The van der Waals surface area contributed by atoms with E-state index in [1.165, 1.54) is 25.7 Å². The Hall–Kier alpha value is -0.0800. The third-order valence-electron chi connectivity index (χ3n) is 2.76. The first-order chi connectivity index (χ1) is 5.52. The van der Waals surface area contributed by atoms with Crippen molar-refractivity contribution >= 4 is 0 Å². The molecule has 0 radical (unpaired) electrons. The fourth-order valence-electron chi connectivity index (χ4n) is 2.47. The highest BCUT2D eigenvalue weighted by Gasteiger charge is 2.30. The van der Waals surface area contributed by atoms with Crippen LogP contribution in [-0.4, -0.2) is 31.1 Å². The average molecular weight is 170 g/mol. The molecule has 1 fully saturated rings. The van der Waals surface area contributed by atoms with Gasteiger partial charge in [-0.15, -0.1) is 0 Å². The van der Waals surface area contributed by atoms with E-state index in [0.29, 0.717) is 0 Å². The Morgan fingerprint density at radius 2 is 2.17 bits per heavy atom. The molecule has 2 unspecified atom stereocenters. The van der Waals surface area contributed by atoms with Crippen molar-refractivity contribution in [2.75, 3.05) is 20.6 Å². The van der Waals surface area contributed by atoms with Crippen molar-refractivity contribution in [2.24, 2.45) is 11.7 Å². The van der Waals surface area contributed by atoms with Gasteiger partial charge in [0.25, 0.3) is 0 Å². The second kappa shape index (κ2) is 3.75. The van der Waals surface area contributed by atoms with Crippen molar-refractivity contribution in [3.05, 3.63) is 0 Å². The van der Waals surface area contributed by atoms with E-state index in [9.17, 15) is 0 Å². The molecule has 0 aromatic carbocycles. The largest absolute Gasteiger partial charge is 0.324 e. The third kappa shape index (κ3) is 2.76. The van der Waals surface area contributed by atoms with E-state index in [1.807, 2.05) is 0 Å². The first-order valence-corrected chi connectivity index (χ1v) is 4.95. The molecule has 72 valence electrons. The van der Waals surface area contributed by atoms with Crippen LogP contribution < -0.4 is 5.73 Å². The maximum absolute atomic E-state index is 6.31. The van der Waals surface area contributed by atoms with Crippen LogP contribution in [0.4, 0.5) is 0 Å². The number of hydrogen-bond acceptors (Lipinski definition) is 2. The van der Waals surface area contributed by atoms with Crippen LogP contribution in [0, 0.1) is 5.92 Å². The Morgan fingerprint density at radius 3 is 2.67 bits per heavy atom. The van der Waals surface area contributed by atoms with Crippen LogP contribution in [0.5, 0.6) is 0 Å². The molecule has 0 bridgehead atoms. The molecule has 1 rings (SSSR count). The zero-order valence-corrected chi connectivity index (χ0v) is 8.64. The Balaban J connectivity index is 2.45. The normalized spacial score (nSPS) is 37.2. The lowest BCUT2D eigenvalue weighted by Crippen LogP contribution is -2.51. The Labute approximate surface area is 76.1 Å². The molecule has 1 saturated carbocycles. The summed E-state index contributed by atoms with van der Waals surface area (Å²) < 4.78 is 0. The van der Waals surface area contributed by atoms with E-state index >= 15 is 0 Å². The van der Waals surface area contributed by atoms with E-state index in [-0.39, 0.29) is 5.54 Å². The number of likely N-dealkylation sites (N-methyl/N-ethyl adjacent to an activating group) is 1. The zero-order valence-electron chi connectivity index (χ0n) is 8.64. The molecule has 0 saturated heterocycles. The second-order valence-corrected chi connectivity index (χ2v) is 4.80. The van der Waals surface area contributed by atoms with Gasteiger partial charge in [0.05, 0.1) is 0 Å². The predicted molar refractivity (Wildman–Crippen MR) is 53.1 cm³/mol. The second-order valence-electron chi connectivity index (χ2n) is 4.80. The number of nitrogens with zero attached hydrogens (tertiary/aromatic N) is 1. The molecule has 0 spiro atoms. The summed E-state index contributed by atoms with van der Waals surface area (Å²) >= 11 is 0. The molecular weight excluding hydrogens is 148 g/mol. The summed E-state index contributed by atoms with van der Waals surface area (Å²) in [5, 5.41) is 0. The molecular formula is C10H22N2. The smallest absolute Gasteiger partial charge is 0.0285 e. The minimum absolute atomic E-state index is 0.0984. The van der Waals surface area contributed by atoms with Crippen LogP contribution in [0.3, 0.4) is 0 Å². The van der Waals surface area contributed by atoms with Gasteiger partial charge in [0, 0.05) is 12.1 Å². The van der Waals surface area contributed by atoms with Gasteiger partial charge in [0.2, 0.25) is 0 Å². The van der Waals surface area contributed by atoms with Crippen molar-refractivity contribution in [1.82, 2.24) is 4.90 Å². The Kier molecular flexibility index (Phi) is 3.13.